The van der Waals surface area contributed by atoms with Crippen molar-refractivity contribution in [2.45, 2.75) is 12.2 Å². The van der Waals surface area contributed by atoms with Crippen LogP contribution in [0.2, 0.25) is 5.02 Å². The number of hydrogen-bond donors (Lipinski definition) is 3. The zero-order valence-electron chi connectivity index (χ0n) is 10.4. The van der Waals surface area contributed by atoms with Crippen LogP contribution in [-0.2, 0) is 14.3 Å². The topological polar surface area (TPSA) is 113 Å². The lowest BCUT2D eigenvalue weighted by atomic mass is 10.0. The number of carboxylic acid groups (broad SMARTS) is 1. The standard InChI is InChI=1S/C12H13ClO7/c1-19-12(18)11(17)10(16)7-3-2-6(13)4-8(7)20-5-9(14)15/h2-4,10-11,16-17H,5H2,1H3,(H,14,15). The lowest BCUT2D eigenvalue weighted by molar-refractivity contribution is -0.157. The number of halogens is 1. The van der Waals surface area contributed by atoms with Crippen LogP contribution in [0.25, 0.3) is 0 Å². The van der Waals surface area contributed by atoms with Crippen LogP contribution in [0.15, 0.2) is 18.2 Å². The summed E-state index contributed by atoms with van der Waals surface area (Å²) in [4.78, 5) is 21.7. The first kappa shape index (κ1) is 16.2. The minimum atomic E-state index is -1.83. The molecule has 0 amide bonds. The lowest BCUT2D eigenvalue weighted by Gasteiger charge is -2.19. The van der Waals surface area contributed by atoms with Crippen molar-refractivity contribution in [3.05, 3.63) is 28.8 Å². The van der Waals surface area contributed by atoms with Gasteiger partial charge in [0.2, 0.25) is 0 Å². The van der Waals surface area contributed by atoms with Gasteiger partial charge in [0.15, 0.2) is 12.7 Å². The average molecular weight is 305 g/mol. The molecule has 0 saturated carbocycles. The van der Waals surface area contributed by atoms with Crippen molar-refractivity contribution in [1.29, 1.82) is 0 Å². The third kappa shape index (κ3) is 4.09. The molecule has 8 heteroatoms. The molecule has 0 spiro atoms. The number of aliphatic carboxylic acids is 1. The fraction of sp³-hybridized carbons (Fsp3) is 0.333. The van der Waals surface area contributed by atoms with Gasteiger partial charge in [-0.15, -0.1) is 0 Å². The van der Waals surface area contributed by atoms with Gasteiger partial charge in [0, 0.05) is 10.6 Å². The molecule has 0 radical (unpaired) electrons. The summed E-state index contributed by atoms with van der Waals surface area (Å²) < 4.78 is 9.26. The number of aliphatic hydroxyl groups is 2. The molecule has 0 aromatic heterocycles. The van der Waals surface area contributed by atoms with Crippen LogP contribution in [-0.4, -0.2) is 47.1 Å². The third-order valence-corrected chi connectivity index (χ3v) is 2.62. The van der Waals surface area contributed by atoms with Crippen molar-refractivity contribution < 1.29 is 34.4 Å². The van der Waals surface area contributed by atoms with Crippen LogP contribution >= 0.6 is 11.6 Å². The van der Waals surface area contributed by atoms with Crippen LogP contribution in [0.3, 0.4) is 0 Å². The Balaban J connectivity index is 3.03. The number of benzene rings is 1. The Bertz CT molecular complexity index is 503. The largest absolute Gasteiger partial charge is 0.481 e. The molecule has 1 aromatic carbocycles. The minimum Gasteiger partial charge on any atom is -0.481 e. The van der Waals surface area contributed by atoms with Gasteiger partial charge in [0.05, 0.1) is 7.11 Å². The van der Waals surface area contributed by atoms with Gasteiger partial charge in [-0.1, -0.05) is 17.7 Å². The highest BCUT2D eigenvalue weighted by Crippen LogP contribution is 2.30. The van der Waals surface area contributed by atoms with E-state index in [4.69, 9.17) is 21.4 Å². The molecule has 3 N–H and O–H groups in total. The monoisotopic (exact) mass is 304 g/mol. The summed E-state index contributed by atoms with van der Waals surface area (Å²) in [5.74, 6) is -2.30. The quantitative estimate of drug-likeness (QED) is 0.651. The van der Waals surface area contributed by atoms with Gasteiger partial charge < -0.3 is 24.8 Å². The van der Waals surface area contributed by atoms with E-state index < -0.39 is 30.8 Å². The highest BCUT2D eigenvalue weighted by Gasteiger charge is 2.29. The van der Waals surface area contributed by atoms with E-state index in [1.165, 1.54) is 18.2 Å². The second-order valence-electron chi connectivity index (χ2n) is 3.78. The van der Waals surface area contributed by atoms with E-state index in [1.807, 2.05) is 0 Å². The summed E-state index contributed by atoms with van der Waals surface area (Å²) in [6.07, 6.45) is -3.46. The molecule has 2 atom stereocenters. The molecule has 2 unspecified atom stereocenters. The molecular weight excluding hydrogens is 292 g/mol. The lowest BCUT2D eigenvalue weighted by Crippen LogP contribution is -2.29. The first-order valence-corrected chi connectivity index (χ1v) is 5.82. The minimum absolute atomic E-state index is 0.0218. The first-order chi connectivity index (χ1) is 9.36. The number of esters is 1. The van der Waals surface area contributed by atoms with Crippen LogP contribution < -0.4 is 4.74 Å². The summed E-state index contributed by atoms with van der Waals surface area (Å²) in [5, 5.41) is 28.3. The highest BCUT2D eigenvalue weighted by molar-refractivity contribution is 6.30. The third-order valence-electron chi connectivity index (χ3n) is 2.39. The van der Waals surface area contributed by atoms with Gasteiger partial charge in [-0.3, -0.25) is 0 Å². The Morgan fingerprint density at radius 2 is 2.00 bits per heavy atom. The van der Waals surface area contributed by atoms with Gasteiger partial charge in [-0.25, -0.2) is 9.59 Å². The Morgan fingerprint density at radius 1 is 1.35 bits per heavy atom. The molecule has 0 aliphatic heterocycles. The number of carbonyl (C=O) groups is 2. The normalized spacial score (nSPS) is 13.4. The molecule has 0 aliphatic rings. The molecule has 0 bridgehead atoms. The van der Waals surface area contributed by atoms with Gasteiger partial charge in [-0.2, -0.15) is 0 Å². The van der Waals surface area contributed by atoms with Crippen molar-refractivity contribution in [2.75, 3.05) is 13.7 Å². The van der Waals surface area contributed by atoms with Crippen LogP contribution in [0.1, 0.15) is 11.7 Å². The zero-order valence-corrected chi connectivity index (χ0v) is 11.2. The average Bonchev–Trinajstić information content (AvgIpc) is 2.42. The Kier molecular flexibility index (Phi) is 5.75. The van der Waals surface area contributed by atoms with Crippen LogP contribution in [0.4, 0.5) is 0 Å². The Morgan fingerprint density at radius 3 is 2.55 bits per heavy atom. The van der Waals surface area contributed by atoms with Gasteiger partial charge in [0.1, 0.15) is 11.9 Å². The Hall–Kier alpha value is -1.83. The van der Waals surface area contributed by atoms with E-state index in [2.05, 4.69) is 4.74 Å². The summed E-state index contributed by atoms with van der Waals surface area (Å²) in [5.41, 5.74) is 0.0218. The summed E-state index contributed by atoms with van der Waals surface area (Å²) in [7, 11) is 1.06. The fourth-order valence-electron chi connectivity index (χ4n) is 1.44. The molecule has 1 rings (SSSR count). The summed E-state index contributed by atoms with van der Waals surface area (Å²) >= 11 is 5.74. The molecule has 110 valence electrons. The van der Waals surface area contributed by atoms with Crippen molar-refractivity contribution in [3.8, 4) is 5.75 Å². The second-order valence-corrected chi connectivity index (χ2v) is 4.21. The molecule has 7 nitrogen and oxygen atoms in total. The van der Waals surface area contributed by atoms with E-state index in [0.717, 1.165) is 7.11 Å². The van der Waals surface area contributed by atoms with Crippen molar-refractivity contribution in [3.63, 3.8) is 0 Å². The van der Waals surface area contributed by atoms with E-state index in [0.29, 0.717) is 0 Å². The number of ether oxygens (including phenoxy) is 2. The zero-order chi connectivity index (χ0) is 15.3. The summed E-state index contributed by atoms with van der Waals surface area (Å²) in [6, 6.07) is 3.99. The highest BCUT2D eigenvalue weighted by atomic mass is 35.5. The number of rotatable bonds is 6. The number of carboxylic acids is 1. The molecule has 0 fully saturated rings. The van der Waals surface area contributed by atoms with E-state index >= 15 is 0 Å². The van der Waals surface area contributed by atoms with E-state index in [1.54, 1.807) is 0 Å². The Labute approximate surface area is 119 Å². The number of aliphatic hydroxyl groups excluding tert-OH is 2. The summed E-state index contributed by atoms with van der Waals surface area (Å²) in [6.45, 7) is -0.658. The fourth-order valence-corrected chi connectivity index (χ4v) is 1.60. The van der Waals surface area contributed by atoms with E-state index in [9.17, 15) is 19.8 Å². The number of hydrogen-bond acceptors (Lipinski definition) is 6. The maximum atomic E-state index is 11.2. The first-order valence-electron chi connectivity index (χ1n) is 5.44. The van der Waals surface area contributed by atoms with Crippen molar-refractivity contribution in [2.24, 2.45) is 0 Å². The maximum absolute atomic E-state index is 11.2. The maximum Gasteiger partial charge on any atom is 0.341 e. The predicted octanol–water partition coefficient (Wildman–Crippen LogP) is 0.371. The molecule has 20 heavy (non-hydrogen) atoms. The van der Waals surface area contributed by atoms with Gasteiger partial charge >= 0.3 is 11.9 Å². The van der Waals surface area contributed by atoms with Crippen LogP contribution in [0.5, 0.6) is 5.75 Å². The van der Waals surface area contributed by atoms with E-state index in [-0.39, 0.29) is 16.3 Å². The number of carbonyl (C=O) groups excluding carboxylic acids is 1. The SMILES string of the molecule is COC(=O)C(O)C(O)c1ccc(Cl)cc1OCC(=O)O. The molecular formula is C12H13ClO7. The van der Waals surface area contributed by atoms with Crippen molar-refractivity contribution >= 4 is 23.5 Å². The molecule has 0 saturated heterocycles. The molecule has 0 heterocycles. The van der Waals surface area contributed by atoms with Crippen LogP contribution in [0, 0.1) is 0 Å². The molecule has 0 aliphatic carbocycles. The smallest absolute Gasteiger partial charge is 0.341 e. The number of methoxy groups -OCH3 is 1. The van der Waals surface area contributed by atoms with Gasteiger partial charge in [-0.05, 0) is 12.1 Å². The van der Waals surface area contributed by atoms with Crippen molar-refractivity contribution in [1.82, 2.24) is 0 Å². The molecule has 1 aromatic rings. The van der Waals surface area contributed by atoms with Gasteiger partial charge in [0.25, 0.3) is 0 Å². The second kappa shape index (κ2) is 7.09. The predicted molar refractivity (Wildman–Crippen MR) is 67.6 cm³/mol.